The molecule has 0 aliphatic carbocycles. The Hall–Kier alpha value is -2.88. The van der Waals surface area contributed by atoms with Gasteiger partial charge in [-0.05, 0) is 23.8 Å². The summed E-state index contributed by atoms with van der Waals surface area (Å²) in [4.78, 5) is 22.9. The number of hydrogen-bond donors (Lipinski definition) is 0. The van der Waals surface area contributed by atoms with E-state index in [1.165, 1.54) is 13.2 Å². The highest BCUT2D eigenvalue weighted by Crippen LogP contribution is 2.13. The Labute approximate surface area is 129 Å². The maximum absolute atomic E-state index is 11.9. The maximum atomic E-state index is 11.9. The van der Waals surface area contributed by atoms with Crippen molar-refractivity contribution in [3.8, 4) is 5.75 Å². The summed E-state index contributed by atoms with van der Waals surface area (Å²) in [5.41, 5.74) is 1.52. The number of esters is 1. The minimum absolute atomic E-state index is 0.0494. The van der Waals surface area contributed by atoms with Gasteiger partial charge in [-0.3, -0.25) is 4.79 Å². The van der Waals surface area contributed by atoms with Crippen molar-refractivity contribution in [1.82, 2.24) is 0 Å². The van der Waals surface area contributed by atoms with Gasteiger partial charge in [0.2, 0.25) is 0 Å². The van der Waals surface area contributed by atoms with Gasteiger partial charge in [-0.1, -0.05) is 48.5 Å². The molecular weight excluding hydrogens is 280 g/mol. The first-order valence-electron chi connectivity index (χ1n) is 6.76. The van der Waals surface area contributed by atoms with Gasteiger partial charge in [0.25, 0.3) is 0 Å². The van der Waals surface area contributed by atoms with Crippen molar-refractivity contribution in [3.63, 3.8) is 0 Å². The molecule has 0 unspecified atom stereocenters. The summed E-state index contributed by atoms with van der Waals surface area (Å²) >= 11 is 0. The highest BCUT2D eigenvalue weighted by molar-refractivity contribution is 6.06. The lowest BCUT2D eigenvalue weighted by atomic mass is 10.1. The molecule has 0 radical (unpaired) electrons. The predicted molar refractivity (Wildman–Crippen MR) is 83.8 cm³/mol. The second-order valence-electron chi connectivity index (χ2n) is 4.50. The first-order valence-corrected chi connectivity index (χ1v) is 6.76. The van der Waals surface area contributed by atoms with Crippen LogP contribution >= 0.6 is 0 Å². The molecule has 0 saturated carbocycles. The van der Waals surface area contributed by atoms with E-state index in [0.29, 0.717) is 11.3 Å². The van der Waals surface area contributed by atoms with Crippen LogP contribution < -0.4 is 4.74 Å². The maximum Gasteiger partial charge on any atom is 0.343 e. The molecule has 2 aromatic rings. The molecule has 0 heterocycles. The Balaban J connectivity index is 1.95. The number of allylic oxidation sites excluding steroid dienone is 1. The lowest BCUT2D eigenvalue weighted by Crippen LogP contribution is -2.12. The van der Waals surface area contributed by atoms with Crippen LogP contribution in [0.3, 0.4) is 0 Å². The van der Waals surface area contributed by atoms with Gasteiger partial charge in [-0.25, -0.2) is 4.79 Å². The van der Waals surface area contributed by atoms with Crippen molar-refractivity contribution in [2.24, 2.45) is 0 Å². The molecule has 0 saturated heterocycles. The summed E-state index contributed by atoms with van der Waals surface area (Å²) in [5, 5.41) is 0. The van der Waals surface area contributed by atoms with Crippen LogP contribution in [0.2, 0.25) is 0 Å². The summed E-state index contributed by atoms with van der Waals surface area (Å²) in [7, 11) is 1.31. The number of methoxy groups -OCH3 is 1. The smallest absolute Gasteiger partial charge is 0.343 e. The molecule has 0 aromatic heterocycles. The molecule has 0 fully saturated rings. The molecule has 0 spiro atoms. The third-order valence-corrected chi connectivity index (χ3v) is 2.95. The number of ether oxygens (including phenoxy) is 2. The fourth-order valence-corrected chi connectivity index (χ4v) is 1.75. The van der Waals surface area contributed by atoms with E-state index in [9.17, 15) is 9.59 Å². The second-order valence-corrected chi connectivity index (χ2v) is 4.50. The number of rotatable bonds is 6. The van der Waals surface area contributed by atoms with Gasteiger partial charge in [0.1, 0.15) is 5.75 Å². The number of ketones is 1. The van der Waals surface area contributed by atoms with Gasteiger partial charge >= 0.3 is 5.97 Å². The largest absolute Gasteiger partial charge is 0.482 e. The van der Waals surface area contributed by atoms with Gasteiger partial charge in [0, 0.05) is 5.56 Å². The van der Waals surface area contributed by atoms with E-state index in [2.05, 4.69) is 4.74 Å². The van der Waals surface area contributed by atoms with Gasteiger partial charge in [0.15, 0.2) is 12.4 Å². The van der Waals surface area contributed by atoms with Crippen LogP contribution in [0.4, 0.5) is 0 Å². The molecule has 0 N–H and O–H groups in total. The summed E-state index contributed by atoms with van der Waals surface area (Å²) < 4.78 is 9.73. The Morgan fingerprint density at radius 3 is 2.32 bits per heavy atom. The summed E-state index contributed by atoms with van der Waals surface area (Å²) in [6, 6.07) is 16.2. The van der Waals surface area contributed by atoms with Gasteiger partial charge in [0.05, 0.1) is 7.11 Å². The van der Waals surface area contributed by atoms with Crippen molar-refractivity contribution in [3.05, 3.63) is 71.8 Å². The van der Waals surface area contributed by atoms with Crippen LogP contribution in [-0.4, -0.2) is 25.5 Å². The lowest BCUT2D eigenvalue weighted by molar-refractivity contribution is -0.142. The Kier molecular flexibility index (Phi) is 5.49. The standard InChI is InChI=1S/C18H16O4/c1-21-18(20)13-22-16-10-7-14(8-11-16)9-12-17(19)15-5-3-2-4-6-15/h2-12H,13H2,1H3/b12-9+. The summed E-state index contributed by atoms with van der Waals surface area (Å²) in [6.45, 7) is -0.127. The molecule has 0 aliphatic heterocycles. The Morgan fingerprint density at radius 1 is 1.00 bits per heavy atom. The average molecular weight is 296 g/mol. The molecule has 4 heteroatoms. The fraction of sp³-hybridized carbons (Fsp3) is 0.111. The SMILES string of the molecule is COC(=O)COc1ccc(/C=C/C(=O)c2ccccc2)cc1. The fourth-order valence-electron chi connectivity index (χ4n) is 1.75. The number of carbonyl (C=O) groups is 2. The van der Waals surface area contributed by atoms with Gasteiger partial charge in [-0.2, -0.15) is 0 Å². The van der Waals surface area contributed by atoms with E-state index in [-0.39, 0.29) is 12.4 Å². The van der Waals surface area contributed by atoms with Crippen LogP contribution in [0.1, 0.15) is 15.9 Å². The van der Waals surface area contributed by atoms with E-state index in [0.717, 1.165) is 5.56 Å². The third-order valence-electron chi connectivity index (χ3n) is 2.95. The zero-order valence-corrected chi connectivity index (χ0v) is 12.2. The Morgan fingerprint density at radius 2 is 1.68 bits per heavy atom. The van der Waals surface area contributed by atoms with Crippen LogP contribution in [-0.2, 0) is 9.53 Å². The van der Waals surface area contributed by atoms with Crippen LogP contribution in [0.5, 0.6) is 5.75 Å². The number of benzene rings is 2. The Bertz CT molecular complexity index is 657. The molecular formula is C18H16O4. The molecule has 4 nitrogen and oxygen atoms in total. The zero-order chi connectivity index (χ0) is 15.8. The van der Waals surface area contributed by atoms with Crippen molar-refractivity contribution < 1.29 is 19.1 Å². The molecule has 0 atom stereocenters. The van der Waals surface area contributed by atoms with E-state index in [1.54, 1.807) is 42.5 Å². The van der Waals surface area contributed by atoms with E-state index >= 15 is 0 Å². The molecule has 112 valence electrons. The highest BCUT2D eigenvalue weighted by Gasteiger charge is 2.02. The first-order chi connectivity index (χ1) is 10.7. The van der Waals surface area contributed by atoms with Crippen LogP contribution in [0, 0.1) is 0 Å². The quantitative estimate of drug-likeness (QED) is 0.467. The minimum atomic E-state index is -0.433. The van der Waals surface area contributed by atoms with Crippen LogP contribution in [0.25, 0.3) is 6.08 Å². The minimum Gasteiger partial charge on any atom is -0.482 e. The van der Waals surface area contributed by atoms with Gasteiger partial charge < -0.3 is 9.47 Å². The normalized spacial score (nSPS) is 10.4. The zero-order valence-electron chi connectivity index (χ0n) is 12.2. The first kappa shape index (κ1) is 15.5. The molecule has 0 amide bonds. The summed E-state index contributed by atoms with van der Waals surface area (Å²) in [5.74, 6) is 0.0842. The van der Waals surface area contributed by atoms with Crippen LogP contribution in [0.15, 0.2) is 60.7 Å². The molecule has 22 heavy (non-hydrogen) atoms. The molecule has 2 aromatic carbocycles. The van der Waals surface area contributed by atoms with E-state index < -0.39 is 5.97 Å². The van der Waals surface area contributed by atoms with Gasteiger partial charge in [-0.15, -0.1) is 0 Å². The average Bonchev–Trinajstić information content (AvgIpc) is 2.59. The van der Waals surface area contributed by atoms with Crippen molar-refractivity contribution >= 4 is 17.8 Å². The number of hydrogen-bond acceptors (Lipinski definition) is 4. The van der Waals surface area contributed by atoms with E-state index in [4.69, 9.17) is 4.74 Å². The number of carbonyl (C=O) groups excluding carboxylic acids is 2. The topological polar surface area (TPSA) is 52.6 Å². The predicted octanol–water partition coefficient (Wildman–Crippen LogP) is 3.13. The lowest BCUT2D eigenvalue weighted by Gasteiger charge is -2.04. The highest BCUT2D eigenvalue weighted by atomic mass is 16.6. The molecule has 2 rings (SSSR count). The summed E-state index contributed by atoms with van der Waals surface area (Å²) in [6.07, 6.45) is 3.26. The van der Waals surface area contributed by atoms with Crippen molar-refractivity contribution in [2.75, 3.05) is 13.7 Å². The third kappa shape index (κ3) is 4.59. The molecule has 0 bridgehead atoms. The van der Waals surface area contributed by atoms with E-state index in [1.807, 2.05) is 18.2 Å². The van der Waals surface area contributed by atoms with Crippen molar-refractivity contribution in [1.29, 1.82) is 0 Å². The molecule has 0 aliphatic rings. The monoisotopic (exact) mass is 296 g/mol. The second kappa shape index (κ2) is 7.78. The van der Waals surface area contributed by atoms with Crippen molar-refractivity contribution in [2.45, 2.75) is 0 Å².